The van der Waals surface area contributed by atoms with Crippen molar-refractivity contribution in [2.24, 2.45) is 47.3 Å². The topological polar surface area (TPSA) is 54.3 Å². The van der Waals surface area contributed by atoms with E-state index in [0.29, 0.717) is 26.2 Å². The molecule has 4 heterocycles. The van der Waals surface area contributed by atoms with E-state index in [1.165, 1.54) is 32.8 Å². The van der Waals surface area contributed by atoms with Gasteiger partial charge in [-0.25, -0.2) is 17.6 Å². The van der Waals surface area contributed by atoms with Gasteiger partial charge in [-0.1, -0.05) is 152 Å². The minimum Gasteiger partial charge on any atom is -0.468 e. The molecule has 3 aromatic rings. The SMILES string of the molecule is CC1=C(Br)C2C(C)C(C)C(C)C2S1.CC1=C(c2ccc(N(C)C)cc2)C2C(C)C(C)C(C)C2S1.C[Si](C)(C)Cl.[CH3-].[CH3-].[Cl][Ti][Cl].[Cl][Ti][Cl].[N-]=C(c1c(F)cccc1F)N1CCCCC1.[N-]=C(c1c(F)cccc1F)N1CCCCC1. The van der Waals surface area contributed by atoms with Gasteiger partial charge in [0.25, 0.3) is 0 Å². The van der Waals surface area contributed by atoms with Gasteiger partial charge in [0.2, 0.25) is 0 Å². The summed E-state index contributed by atoms with van der Waals surface area (Å²) in [6, 6.07) is 16.3. The molecular formula is C59H85BrCl5F4N5S2SiTi2-4. The molecule has 9 rings (SSSR count). The van der Waals surface area contributed by atoms with Gasteiger partial charge in [0.05, 0.1) is 0 Å². The second-order valence-electron chi connectivity index (χ2n) is 21.8. The maximum absolute atomic E-state index is 13.4. The van der Waals surface area contributed by atoms with Crippen molar-refractivity contribution >= 4 is 118 Å². The fourth-order valence-corrected chi connectivity index (χ4v) is 15.5. The predicted octanol–water partition coefficient (Wildman–Crippen LogP) is 20.7. The zero-order valence-corrected chi connectivity index (χ0v) is 60.1. The molecule has 2 saturated carbocycles. The van der Waals surface area contributed by atoms with Crippen molar-refractivity contribution in [2.75, 3.05) is 45.2 Å². The Hall–Kier alpha value is -0.125. The molecule has 4 fully saturated rings. The largest absolute Gasteiger partial charge is 0.468 e. The summed E-state index contributed by atoms with van der Waals surface area (Å²) in [7, 11) is 22.6. The Balaban J connectivity index is 0.000000496. The number of nitrogens with zero attached hydrogens (tertiary/aromatic N) is 5. The van der Waals surface area contributed by atoms with Crippen LogP contribution in [0.15, 0.2) is 75.0 Å². The van der Waals surface area contributed by atoms with Crippen LogP contribution in [0.5, 0.6) is 0 Å². The molecule has 2 aliphatic carbocycles. The van der Waals surface area contributed by atoms with E-state index >= 15 is 0 Å². The molecule has 0 aromatic heterocycles. The fourth-order valence-electron chi connectivity index (χ4n) is 10.9. The summed E-state index contributed by atoms with van der Waals surface area (Å²) in [5.74, 6) is 3.14. The van der Waals surface area contributed by atoms with Crippen LogP contribution < -0.4 is 4.90 Å². The van der Waals surface area contributed by atoms with Crippen LogP contribution in [0.4, 0.5) is 23.2 Å². The molecule has 4 aliphatic heterocycles. The summed E-state index contributed by atoms with van der Waals surface area (Å²) >= 11 is 12.5. The van der Waals surface area contributed by atoms with Crippen LogP contribution in [-0.2, 0) is 34.1 Å². The van der Waals surface area contributed by atoms with Crippen LogP contribution in [-0.4, -0.2) is 79.6 Å². The minimum absolute atomic E-state index is 0. The maximum atomic E-state index is 13.4. The van der Waals surface area contributed by atoms with Crippen LogP contribution in [0.25, 0.3) is 16.4 Å². The number of benzene rings is 3. The molecule has 0 N–H and O–H groups in total. The fraction of sp³-hybridized carbons (Fsp3) is 0.559. The number of hydrogen-bond acceptors (Lipinski definition) is 3. The van der Waals surface area contributed by atoms with E-state index in [4.69, 9.17) is 48.3 Å². The molecule has 79 heavy (non-hydrogen) atoms. The van der Waals surface area contributed by atoms with Crippen molar-refractivity contribution in [3.05, 3.63) is 141 Å². The summed E-state index contributed by atoms with van der Waals surface area (Å²) in [6.07, 6.45) is 5.98. The van der Waals surface area contributed by atoms with Crippen LogP contribution in [0.2, 0.25) is 19.6 Å². The van der Waals surface area contributed by atoms with E-state index < -0.39 is 64.7 Å². The van der Waals surface area contributed by atoms with E-state index in [0.717, 1.165) is 121 Å². The number of halogens is 10. The van der Waals surface area contributed by atoms with E-state index in [-0.39, 0.29) is 37.7 Å². The zero-order chi connectivity index (χ0) is 58.1. The Labute approximate surface area is 531 Å². The van der Waals surface area contributed by atoms with E-state index in [1.807, 2.05) is 0 Å². The predicted molar refractivity (Wildman–Crippen MR) is 344 cm³/mol. The van der Waals surface area contributed by atoms with Crippen LogP contribution in [0, 0.1) is 85.5 Å². The average Bonchev–Trinajstić information content (AvgIpc) is 4.03. The van der Waals surface area contributed by atoms with Gasteiger partial charge in [-0.05, 0) is 133 Å². The Morgan fingerprint density at radius 2 is 0.886 bits per heavy atom. The number of allylic oxidation sites excluding steroid dienone is 4. The number of likely N-dealkylation sites (tertiary alicyclic amines) is 2. The number of anilines is 1. The van der Waals surface area contributed by atoms with Gasteiger partial charge in [0.1, 0.15) is 30.7 Å². The standard InChI is InChI=1S/C19H27NS.2C12H13F2N2.C11H17BrS.C3H9ClSi.2CH3.4ClH.2Ti/c1-11-12(2)17-18(14(4)21-19(17)13(11)3)15-7-9-16(10-8-15)20(5)6;2*13-9-5-4-6-10(14)11(9)12(15)16-7-2-1-3-8-16;1-5-6(2)9-10(12)8(4)13-11(9)7(5)3;1-5(2,3)4;;;;;;;;/h7-13,17,19H,1-6H3;2*4-6H,1-3,7-8H2;5-7,9,11H,1-4H3;1-3H3;2*1H3;4*1H;;/q;2*-1;;;2*-1;;;;;2*+2/p-4. The quantitative estimate of drug-likeness (QED) is 0.0651. The van der Waals surface area contributed by atoms with E-state index in [1.54, 1.807) is 20.3 Å². The molecule has 0 bridgehead atoms. The molecule has 2 saturated heterocycles. The molecule has 20 heteroatoms. The number of amidine groups is 2. The first kappa shape index (κ1) is 76.9. The molecule has 0 amide bonds. The maximum Gasteiger partial charge on any atom is 0.133 e. The molecule has 5 nitrogen and oxygen atoms in total. The molecule has 3 aromatic carbocycles. The molecule has 6 aliphatic rings. The first-order valence-corrected chi connectivity index (χ1v) is 42.1. The first-order valence-electron chi connectivity index (χ1n) is 26.5. The average molecular weight is 1390 g/mol. The zero-order valence-electron chi connectivity index (χ0n) is 49.0. The molecule has 10 atom stereocenters. The van der Waals surface area contributed by atoms with Gasteiger partial charge in [0, 0.05) is 57.7 Å². The van der Waals surface area contributed by atoms with Crippen molar-refractivity contribution < 1.29 is 51.6 Å². The van der Waals surface area contributed by atoms with Crippen molar-refractivity contribution in [1.82, 2.24) is 9.80 Å². The van der Waals surface area contributed by atoms with Crippen molar-refractivity contribution in [3.8, 4) is 0 Å². The summed E-state index contributed by atoms with van der Waals surface area (Å²) in [5, 5.41) is 21.4. The normalized spacial score (nSPS) is 25.3. The van der Waals surface area contributed by atoms with Gasteiger partial charge in [-0.2, -0.15) is 11.1 Å². The van der Waals surface area contributed by atoms with Crippen LogP contribution in [0.3, 0.4) is 0 Å². The van der Waals surface area contributed by atoms with Crippen LogP contribution >= 0.6 is 87.8 Å². The molecule has 10 unspecified atom stereocenters. The van der Waals surface area contributed by atoms with E-state index in [9.17, 15) is 28.4 Å². The third-order valence-electron chi connectivity index (χ3n) is 15.5. The molecule has 0 radical (unpaired) electrons. The van der Waals surface area contributed by atoms with Crippen molar-refractivity contribution in [3.63, 3.8) is 0 Å². The third-order valence-corrected chi connectivity index (χ3v) is 20.1. The number of thioether (sulfide) groups is 2. The van der Waals surface area contributed by atoms with Gasteiger partial charge in [-0.15, -0.1) is 23.5 Å². The summed E-state index contributed by atoms with van der Waals surface area (Å²) < 4.78 is 55.1. The monoisotopic (exact) mass is 1380 g/mol. The summed E-state index contributed by atoms with van der Waals surface area (Å²) in [5.41, 5.74) is 3.71. The van der Waals surface area contributed by atoms with Gasteiger partial charge >= 0.3 is 71.3 Å². The molecular weight excluding hydrogens is 1300 g/mol. The first-order chi connectivity index (χ1) is 36.2. The Kier molecular flexibility index (Phi) is 36.4. The van der Waals surface area contributed by atoms with E-state index in [2.05, 4.69) is 158 Å². The minimum atomic E-state index is -1.14. The molecule has 0 spiro atoms. The van der Waals surface area contributed by atoms with Crippen molar-refractivity contribution in [2.45, 2.75) is 124 Å². The van der Waals surface area contributed by atoms with Gasteiger partial charge in [0.15, 0.2) is 0 Å². The summed E-state index contributed by atoms with van der Waals surface area (Å²) in [6.45, 7) is 28.0. The van der Waals surface area contributed by atoms with Crippen molar-refractivity contribution in [1.29, 1.82) is 0 Å². The third kappa shape index (κ3) is 22.3. The smallest absolute Gasteiger partial charge is 0.133 e. The number of piperidine rings is 2. The Morgan fingerprint density at radius 1 is 0.570 bits per heavy atom. The molecule has 444 valence electrons. The van der Waals surface area contributed by atoms with Gasteiger partial charge in [-0.3, -0.25) is 0 Å². The second kappa shape index (κ2) is 37.4. The van der Waals surface area contributed by atoms with Crippen LogP contribution in [0.1, 0.15) is 111 Å². The Bertz CT molecular complexity index is 2290. The Morgan fingerprint density at radius 3 is 1.22 bits per heavy atom. The van der Waals surface area contributed by atoms with Gasteiger partial charge < -0.3 is 40.4 Å². The number of fused-ring (bicyclic) bond motifs is 2. The second-order valence-corrected chi connectivity index (χ2v) is 38.2. The summed E-state index contributed by atoms with van der Waals surface area (Å²) in [4.78, 5) is 8.49. The number of rotatable bonds is 4. The number of hydrogen-bond donors (Lipinski definition) is 0.